The van der Waals surface area contributed by atoms with Gasteiger partial charge in [-0.05, 0) is 49.6 Å². The molecule has 0 amide bonds. The summed E-state index contributed by atoms with van der Waals surface area (Å²) in [6.07, 6.45) is 1.80. The van der Waals surface area contributed by atoms with Gasteiger partial charge < -0.3 is 5.73 Å². The number of rotatable bonds is 2. The number of anilines is 1. The van der Waals surface area contributed by atoms with Crippen molar-refractivity contribution in [3.05, 3.63) is 47.2 Å². The van der Waals surface area contributed by atoms with Crippen LogP contribution in [0, 0.1) is 20.8 Å². The van der Waals surface area contributed by atoms with Crippen LogP contribution in [-0.4, -0.2) is 4.98 Å². The predicted octanol–water partition coefficient (Wildman–Crippen LogP) is 3.74. The highest BCUT2D eigenvalue weighted by molar-refractivity contribution is 7.99. The van der Waals surface area contributed by atoms with Crippen LogP contribution in [0.4, 0.5) is 5.69 Å². The first-order valence-electron chi connectivity index (χ1n) is 5.54. The molecule has 3 heteroatoms. The second-order valence-electron chi connectivity index (χ2n) is 4.22. The van der Waals surface area contributed by atoms with Crippen LogP contribution >= 0.6 is 11.8 Å². The Hall–Kier alpha value is -1.48. The van der Waals surface area contributed by atoms with Crippen LogP contribution in [0.2, 0.25) is 0 Å². The topological polar surface area (TPSA) is 38.9 Å². The lowest BCUT2D eigenvalue weighted by Gasteiger charge is -2.09. The molecule has 0 bridgehead atoms. The van der Waals surface area contributed by atoms with Crippen LogP contribution in [-0.2, 0) is 0 Å². The lowest BCUT2D eigenvalue weighted by Crippen LogP contribution is -1.95. The number of pyridine rings is 1. The van der Waals surface area contributed by atoms with Gasteiger partial charge >= 0.3 is 0 Å². The van der Waals surface area contributed by atoms with Gasteiger partial charge in [0, 0.05) is 11.1 Å². The Balaban J connectivity index is 2.38. The minimum absolute atomic E-state index is 0.776. The van der Waals surface area contributed by atoms with E-state index in [9.17, 15) is 0 Å². The molecule has 1 aromatic heterocycles. The summed E-state index contributed by atoms with van der Waals surface area (Å²) >= 11 is 1.63. The summed E-state index contributed by atoms with van der Waals surface area (Å²) in [5.74, 6) is 0. The van der Waals surface area contributed by atoms with Gasteiger partial charge in [-0.1, -0.05) is 23.9 Å². The average Bonchev–Trinajstić information content (AvgIpc) is 2.30. The monoisotopic (exact) mass is 244 g/mol. The third-order valence-electron chi connectivity index (χ3n) is 2.72. The maximum atomic E-state index is 6.04. The van der Waals surface area contributed by atoms with Crippen molar-refractivity contribution in [1.82, 2.24) is 4.98 Å². The minimum atomic E-state index is 0.776. The van der Waals surface area contributed by atoms with Crippen molar-refractivity contribution < 1.29 is 0 Å². The number of nitrogens with zero attached hydrogens (tertiary/aromatic N) is 1. The number of aryl methyl sites for hydroxylation is 3. The van der Waals surface area contributed by atoms with Crippen molar-refractivity contribution in [3.63, 3.8) is 0 Å². The molecule has 0 unspecified atom stereocenters. The molecule has 2 N–H and O–H groups in total. The highest BCUT2D eigenvalue weighted by Crippen LogP contribution is 2.33. The fourth-order valence-corrected chi connectivity index (χ4v) is 2.61. The molecule has 0 spiro atoms. The summed E-state index contributed by atoms with van der Waals surface area (Å²) in [7, 11) is 0. The van der Waals surface area contributed by atoms with Crippen molar-refractivity contribution >= 4 is 17.4 Å². The van der Waals surface area contributed by atoms with Crippen LogP contribution in [0.3, 0.4) is 0 Å². The second-order valence-corrected chi connectivity index (χ2v) is 5.25. The molecule has 17 heavy (non-hydrogen) atoms. The first-order valence-corrected chi connectivity index (χ1v) is 6.36. The maximum Gasteiger partial charge on any atom is 0.124 e. The number of hydrogen-bond donors (Lipinski definition) is 1. The van der Waals surface area contributed by atoms with E-state index < -0.39 is 0 Å². The van der Waals surface area contributed by atoms with Gasteiger partial charge in [-0.3, -0.25) is 0 Å². The number of hydrogen-bond acceptors (Lipinski definition) is 3. The smallest absolute Gasteiger partial charge is 0.124 e. The summed E-state index contributed by atoms with van der Waals surface area (Å²) in [4.78, 5) is 5.56. The zero-order valence-corrected chi connectivity index (χ0v) is 11.1. The first kappa shape index (κ1) is 12.0. The summed E-state index contributed by atoms with van der Waals surface area (Å²) in [5.41, 5.74) is 10.4. The molecule has 1 aromatic carbocycles. The van der Waals surface area contributed by atoms with Crippen LogP contribution in [0.15, 0.2) is 40.4 Å². The van der Waals surface area contributed by atoms with Crippen molar-refractivity contribution in [3.8, 4) is 0 Å². The van der Waals surface area contributed by atoms with Crippen molar-refractivity contribution in [2.75, 3.05) is 5.73 Å². The lowest BCUT2D eigenvalue weighted by atomic mass is 10.2. The Morgan fingerprint density at radius 1 is 1.06 bits per heavy atom. The number of benzene rings is 1. The molecule has 2 rings (SSSR count). The normalized spacial score (nSPS) is 10.5. The predicted molar refractivity (Wildman–Crippen MR) is 73.4 cm³/mol. The van der Waals surface area contributed by atoms with Gasteiger partial charge in [0.05, 0.1) is 5.69 Å². The molecule has 2 nitrogen and oxygen atoms in total. The average molecular weight is 244 g/mol. The molecule has 88 valence electrons. The van der Waals surface area contributed by atoms with Gasteiger partial charge in [0.2, 0.25) is 0 Å². The summed E-state index contributed by atoms with van der Waals surface area (Å²) in [5, 5.41) is 0.888. The van der Waals surface area contributed by atoms with Crippen molar-refractivity contribution in [2.45, 2.75) is 30.7 Å². The van der Waals surface area contributed by atoms with Gasteiger partial charge in [-0.25, -0.2) is 4.98 Å². The molecule has 0 atom stereocenters. The molecular weight excluding hydrogens is 228 g/mol. The fraction of sp³-hybridized carbons (Fsp3) is 0.214. The Morgan fingerprint density at radius 3 is 2.59 bits per heavy atom. The molecule has 0 fully saturated rings. The largest absolute Gasteiger partial charge is 0.396 e. The standard InChI is InChI=1S/C14H16N2S/c1-9-4-5-10(2)12(8-9)17-14-13(15)11(3)6-7-16-14/h4-8H,15H2,1-3H3. The van der Waals surface area contributed by atoms with Gasteiger partial charge in [-0.2, -0.15) is 0 Å². The first-order chi connectivity index (χ1) is 8.08. The fourth-order valence-electron chi connectivity index (χ4n) is 1.55. The van der Waals surface area contributed by atoms with Gasteiger partial charge in [0.15, 0.2) is 0 Å². The van der Waals surface area contributed by atoms with Gasteiger partial charge in [0.1, 0.15) is 5.03 Å². The SMILES string of the molecule is Cc1ccc(C)c(Sc2nccc(C)c2N)c1. The zero-order valence-electron chi connectivity index (χ0n) is 10.3. The van der Waals surface area contributed by atoms with Crippen molar-refractivity contribution in [2.24, 2.45) is 0 Å². The molecule has 2 aromatic rings. The molecule has 0 saturated heterocycles. The highest BCUT2D eigenvalue weighted by atomic mass is 32.2. The van der Waals surface area contributed by atoms with Crippen LogP contribution < -0.4 is 5.73 Å². The van der Waals surface area contributed by atoms with Gasteiger partial charge in [-0.15, -0.1) is 0 Å². The van der Waals surface area contributed by atoms with Crippen LogP contribution in [0.1, 0.15) is 16.7 Å². The lowest BCUT2D eigenvalue weighted by molar-refractivity contribution is 1.12. The third kappa shape index (κ3) is 2.61. The molecule has 1 heterocycles. The number of nitrogen functional groups attached to an aromatic ring is 1. The van der Waals surface area contributed by atoms with Crippen LogP contribution in [0.5, 0.6) is 0 Å². The van der Waals surface area contributed by atoms with E-state index in [2.05, 4.69) is 37.0 Å². The van der Waals surface area contributed by atoms with E-state index in [-0.39, 0.29) is 0 Å². The molecule has 0 aliphatic carbocycles. The van der Waals surface area contributed by atoms with Crippen molar-refractivity contribution in [1.29, 1.82) is 0 Å². The van der Waals surface area contributed by atoms with E-state index in [1.165, 1.54) is 16.0 Å². The van der Waals surface area contributed by atoms with E-state index in [0.717, 1.165) is 16.3 Å². The van der Waals surface area contributed by atoms with Crippen LogP contribution in [0.25, 0.3) is 0 Å². The highest BCUT2D eigenvalue weighted by Gasteiger charge is 2.07. The molecule has 0 aliphatic rings. The second kappa shape index (κ2) is 4.80. The minimum Gasteiger partial charge on any atom is -0.396 e. The van der Waals surface area contributed by atoms with E-state index in [0.29, 0.717) is 0 Å². The summed E-state index contributed by atoms with van der Waals surface area (Å²) in [6, 6.07) is 8.35. The number of aromatic nitrogens is 1. The summed E-state index contributed by atoms with van der Waals surface area (Å²) < 4.78 is 0. The Labute approximate surface area is 106 Å². The van der Waals surface area contributed by atoms with E-state index in [1.807, 2.05) is 13.0 Å². The number of nitrogens with two attached hydrogens (primary N) is 1. The zero-order chi connectivity index (χ0) is 12.4. The Kier molecular flexibility index (Phi) is 3.38. The molecule has 0 radical (unpaired) electrons. The summed E-state index contributed by atoms with van der Waals surface area (Å²) in [6.45, 7) is 6.20. The van der Waals surface area contributed by atoms with E-state index >= 15 is 0 Å². The molecule has 0 aliphatic heterocycles. The third-order valence-corrected chi connectivity index (χ3v) is 3.90. The van der Waals surface area contributed by atoms with E-state index in [4.69, 9.17) is 5.73 Å². The van der Waals surface area contributed by atoms with E-state index in [1.54, 1.807) is 18.0 Å². The quantitative estimate of drug-likeness (QED) is 0.874. The molecule has 0 saturated carbocycles. The van der Waals surface area contributed by atoms with Gasteiger partial charge in [0.25, 0.3) is 0 Å². The Morgan fingerprint density at radius 2 is 1.82 bits per heavy atom. The molecular formula is C14H16N2S. The maximum absolute atomic E-state index is 6.04. The Bertz CT molecular complexity index is 550.